The highest BCUT2D eigenvalue weighted by molar-refractivity contribution is 9.10. The van der Waals surface area contributed by atoms with E-state index in [-0.39, 0.29) is 17.6 Å². The van der Waals surface area contributed by atoms with Crippen molar-refractivity contribution in [3.05, 3.63) is 34.1 Å². The van der Waals surface area contributed by atoms with Crippen molar-refractivity contribution >= 4 is 21.9 Å². The van der Waals surface area contributed by atoms with Crippen molar-refractivity contribution in [3.63, 3.8) is 0 Å². The fourth-order valence-corrected chi connectivity index (χ4v) is 2.20. The first kappa shape index (κ1) is 14.6. The molecule has 5 nitrogen and oxygen atoms in total. The molecule has 0 atom stereocenters. The third-order valence-corrected chi connectivity index (χ3v) is 3.49. The van der Waals surface area contributed by atoms with Gasteiger partial charge in [-0.15, -0.1) is 0 Å². The minimum absolute atomic E-state index is 0.0389. The lowest BCUT2D eigenvalue weighted by molar-refractivity contribution is 0.0661. The van der Waals surface area contributed by atoms with Crippen LogP contribution in [0.25, 0.3) is 11.5 Å². The van der Waals surface area contributed by atoms with Crippen molar-refractivity contribution in [1.29, 1.82) is 0 Å². The molecule has 106 valence electrons. The van der Waals surface area contributed by atoms with Crippen LogP contribution in [0.15, 0.2) is 27.1 Å². The van der Waals surface area contributed by atoms with E-state index in [1.54, 1.807) is 25.3 Å². The number of hydrogen-bond donors (Lipinski definition) is 1. The van der Waals surface area contributed by atoms with Gasteiger partial charge >= 0.3 is 5.97 Å². The summed E-state index contributed by atoms with van der Waals surface area (Å²) >= 11 is 3.40. The van der Waals surface area contributed by atoms with Crippen LogP contribution in [0.3, 0.4) is 0 Å². The number of carbonyl (C=O) groups is 1. The van der Waals surface area contributed by atoms with Crippen LogP contribution in [0.1, 0.15) is 36.0 Å². The van der Waals surface area contributed by atoms with Crippen LogP contribution in [0.5, 0.6) is 5.75 Å². The van der Waals surface area contributed by atoms with Gasteiger partial charge in [-0.3, -0.25) is 0 Å². The zero-order valence-electron chi connectivity index (χ0n) is 11.3. The zero-order chi connectivity index (χ0) is 14.9. The average Bonchev–Trinajstić information content (AvgIpc) is 2.84. The Kier molecular flexibility index (Phi) is 4.13. The van der Waals surface area contributed by atoms with Crippen LogP contribution in [0.2, 0.25) is 0 Å². The lowest BCUT2D eigenvalue weighted by Gasteiger charge is -2.03. The number of rotatable bonds is 4. The number of aromatic nitrogens is 1. The van der Waals surface area contributed by atoms with Gasteiger partial charge < -0.3 is 14.3 Å². The van der Waals surface area contributed by atoms with E-state index >= 15 is 0 Å². The standard InChI is InChI=1S/C14H14BrNO4/c1-7(2)11-12(14(17)18)20-13(16-11)9-6-8(19-3)4-5-10(9)15/h4-7H,1-3H3,(H,17,18). The van der Waals surface area contributed by atoms with Crippen molar-refractivity contribution in [2.24, 2.45) is 0 Å². The maximum absolute atomic E-state index is 11.2. The molecule has 0 radical (unpaired) electrons. The quantitative estimate of drug-likeness (QED) is 0.913. The summed E-state index contributed by atoms with van der Waals surface area (Å²) in [5.74, 6) is -0.375. The Labute approximate surface area is 124 Å². The highest BCUT2D eigenvalue weighted by atomic mass is 79.9. The monoisotopic (exact) mass is 339 g/mol. The van der Waals surface area contributed by atoms with Gasteiger partial charge in [0.1, 0.15) is 5.75 Å². The van der Waals surface area contributed by atoms with E-state index in [4.69, 9.17) is 9.15 Å². The molecule has 1 N–H and O–H groups in total. The van der Waals surface area contributed by atoms with E-state index in [1.165, 1.54) is 0 Å². The van der Waals surface area contributed by atoms with Gasteiger partial charge in [0, 0.05) is 4.47 Å². The second-order valence-corrected chi connectivity index (χ2v) is 5.39. The number of nitrogens with zero attached hydrogens (tertiary/aromatic N) is 1. The summed E-state index contributed by atoms with van der Waals surface area (Å²) in [5.41, 5.74) is 1.08. The number of benzene rings is 1. The lowest BCUT2D eigenvalue weighted by atomic mass is 10.1. The minimum Gasteiger partial charge on any atom is -0.497 e. The summed E-state index contributed by atoms with van der Waals surface area (Å²) in [6.45, 7) is 3.74. The third-order valence-electron chi connectivity index (χ3n) is 2.80. The van der Waals surface area contributed by atoms with E-state index < -0.39 is 5.97 Å². The van der Waals surface area contributed by atoms with Crippen molar-refractivity contribution in [1.82, 2.24) is 4.98 Å². The molecule has 2 rings (SSSR count). The van der Waals surface area contributed by atoms with Crippen LogP contribution >= 0.6 is 15.9 Å². The third kappa shape index (κ3) is 2.70. The molecule has 1 aromatic carbocycles. The SMILES string of the molecule is COc1ccc(Br)c(-c2nc(C(C)C)c(C(=O)O)o2)c1. The number of methoxy groups -OCH3 is 1. The smallest absolute Gasteiger partial charge is 0.373 e. The van der Waals surface area contributed by atoms with E-state index in [1.807, 2.05) is 13.8 Å². The Morgan fingerprint density at radius 3 is 2.65 bits per heavy atom. The van der Waals surface area contributed by atoms with Crippen molar-refractivity contribution in [3.8, 4) is 17.2 Å². The van der Waals surface area contributed by atoms with E-state index in [2.05, 4.69) is 20.9 Å². The Bertz CT molecular complexity index is 649. The topological polar surface area (TPSA) is 72.6 Å². The summed E-state index contributed by atoms with van der Waals surface area (Å²) in [6, 6.07) is 5.33. The predicted octanol–water partition coefficient (Wildman–Crippen LogP) is 3.93. The summed E-state index contributed by atoms with van der Waals surface area (Å²) in [6.07, 6.45) is 0. The second kappa shape index (κ2) is 5.66. The van der Waals surface area contributed by atoms with Crippen molar-refractivity contribution < 1.29 is 19.1 Å². The van der Waals surface area contributed by atoms with Crippen molar-refractivity contribution in [2.45, 2.75) is 19.8 Å². The van der Waals surface area contributed by atoms with Crippen LogP contribution in [0, 0.1) is 0 Å². The number of carboxylic acid groups (broad SMARTS) is 1. The Morgan fingerprint density at radius 2 is 2.15 bits per heavy atom. The van der Waals surface area contributed by atoms with Gasteiger partial charge in [-0.2, -0.15) is 0 Å². The molecule has 0 aliphatic rings. The first-order chi connectivity index (χ1) is 9.43. The fourth-order valence-electron chi connectivity index (χ4n) is 1.79. The van der Waals surface area contributed by atoms with E-state index in [0.29, 0.717) is 17.0 Å². The number of oxazole rings is 1. The number of aromatic carboxylic acids is 1. The molecule has 0 fully saturated rings. The van der Waals surface area contributed by atoms with Gasteiger partial charge in [0.2, 0.25) is 11.7 Å². The molecule has 1 heterocycles. The summed E-state index contributed by atoms with van der Waals surface area (Å²) < 4.78 is 11.3. The van der Waals surface area contributed by atoms with Gasteiger partial charge in [-0.1, -0.05) is 13.8 Å². The molecule has 0 unspecified atom stereocenters. The molecule has 0 aliphatic carbocycles. The molecule has 2 aromatic rings. The minimum atomic E-state index is -1.12. The van der Waals surface area contributed by atoms with Crippen LogP contribution in [-0.2, 0) is 0 Å². The second-order valence-electron chi connectivity index (χ2n) is 4.54. The summed E-state index contributed by atoms with van der Waals surface area (Å²) in [7, 11) is 1.56. The van der Waals surface area contributed by atoms with Crippen molar-refractivity contribution in [2.75, 3.05) is 7.11 Å². The van der Waals surface area contributed by atoms with Crippen LogP contribution in [0.4, 0.5) is 0 Å². The zero-order valence-corrected chi connectivity index (χ0v) is 12.9. The Hall–Kier alpha value is -1.82. The average molecular weight is 340 g/mol. The molecule has 20 heavy (non-hydrogen) atoms. The molecule has 6 heteroatoms. The van der Waals surface area contributed by atoms with Crippen LogP contribution in [-0.4, -0.2) is 23.2 Å². The normalized spacial score (nSPS) is 10.8. The highest BCUT2D eigenvalue weighted by Gasteiger charge is 2.23. The summed E-state index contributed by atoms with van der Waals surface area (Å²) in [4.78, 5) is 15.5. The van der Waals surface area contributed by atoms with Gasteiger partial charge in [0.15, 0.2) is 0 Å². The van der Waals surface area contributed by atoms with Gasteiger partial charge in [0.05, 0.1) is 18.4 Å². The van der Waals surface area contributed by atoms with E-state index in [9.17, 15) is 9.90 Å². The summed E-state index contributed by atoms with van der Waals surface area (Å²) in [5, 5.41) is 9.17. The number of halogens is 1. The molecule has 0 saturated heterocycles. The van der Waals surface area contributed by atoms with Gasteiger partial charge in [-0.25, -0.2) is 9.78 Å². The first-order valence-electron chi connectivity index (χ1n) is 6.02. The van der Waals surface area contributed by atoms with Gasteiger partial charge in [-0.05, 0) is 40.0 Å². The Morgan fingerprint density at radius 1 is 1.45 bits per heavy atom. The lowest BCUT2D eigenvalue weighted by Crippen LogP contribution is -2.01. The molecule has 0 bridgehead atoms. The molecule has 0 saturated carbocycles. The number of carboxylic acids is 1. The molecular formula is C14H14BrNO4. The van der Waals surface area contributed by atoms with Crippen LogP contribution < -0.4 is 4.74 Å². The molecule has 0 spiro atoms. The Balaban J connectivity index is 2.58. The molecule has 0 amide bonds. The van der Waals surface area contributed by atoms with E-state index in [0.717, 1.165) is 4.47 Å². The maximum Gasteiger partial charge on any atom is 0.373 e. The number of hydrogen-bond acceptors (Lipinski definition) is 4. The highest BCUT2D eigenvalue weighted by Crippen LogP contribution is 2.33. The number of ether oxygens (including phenoxy) is 1. The van der Waals surface area contributed by atoms with Gasteiger partial charge in [0.25, 0.3) is 0 Å². The molecule has 0 aliphatic heterocycles. The molecule has 1 aromatic heterocycles. The molecular weight excluding hydrogens is 326 g/mol. The first-order valence-corrected chi connectivity index (χ1v) is 6.81. The largest absolute Gasteiger partial charge is 0.497 e. The predicted molar refractivity (Wildman–Crippen MR) is 77.2 cm³/mol. The fraction of sp³-hybridized carbons (Fsp3) is 0.286. The maximum atomic E-state index is 11.2.